The molecule has 0 aliphatic heterocycles. The molecular weight excluding hydrogens is 172 g/mol. The van der Waals surface area contributed by atoms with Gasteiger partial charge in [-0.3, -0.25) is 0 Å². The Bertz CT molecular complexity index is 300. The van der Waals surface area contributed by atoms with E-state index in [4.69, 9.17) is 0 Å². The molecule has 0 saturated heterocycles. The van der Waals surface area contributed by atoms with Crippen molar-refractivity contribution in [1.29, 1.82) is 0 Å². The first-order valence-electron chi connectivity index (χ1n) is 5.49. The van der Waals surface area contributed by atoms with E-state index in [0.717, 1.165) is 12.8 Å². The molecule has 1 saturated carbocycles. The second-order valence-corrected chi connectivity index (χ2v) is 4.34. The van der Waals surface area contributed by atoms with Gasteiger partial charge in [-0.2, -0.15) is 0 Å². The molecule has 1 aromatic carbocycles. The first-order valence-corrected chi connectivity index (χ1v) is 5.49. The quantitative estimate of drug-likeness (QED) is 0.777. The van der Waals surface area contributed by atoms with Gasteiger partial charge in [-0.25, -0.2) is 0 Å². The van der Waals surface area contributed by atoms with Crippen LogP contribution in [0.15, 0.2) is 24.3 Å². The van der Waals surface area contributed by atoms with Crippen LogP contribution < -0.4 is 0 Å². The number of benzene rings is 1. The smallest absolute Gasteiger partial charge is 0.0546 e. The van der Waals surface area contributed by atoms with Crippen LogP contribution in [0.1, 0.15) is 37.3 Å². The third kappa shape index (κ3) is 1.83. The third-order valence-electron chi connectivity index (χ3n) is 3.28. The molecule has 0 radical (unpaired) electrons. The minimum Gasteiger partial charge on any atom is -0.393 e. The second-order valence-electron chi connectivity index (χ2n) is 4.34. The summed E-state index contributed by atoms with van der Waals surface area (Å²) in [4.78, 5) is 0. The number of aliphatic hydroxyl groups excluding tert-OH is 1. The maximum Gasteiger partial charge on any atom is 0.0546 e. The van der Waals surface area contributed by atoms with Crippen molar-refractivity contribution in [3.8, 4) is 0 Å². The van der Waals surface area contributed by atoms with Crippen LogP contribution >= 0.6 is 0 Å². The van der Waals surface area contributed by atoms with E-state index in [2.05, 4.69) is 31.2 Å². The molecule has 76 valence electrons. The van der Waals surface area contributed by atoms with Crippen LogP contribution in [0.25, 0.3) is 0 Å². The van der Waals surface area contributed by atoms with Gasteiger partial charge in [0.15, 0.2) is 0 Å². The van der Waals surface area contributed by atoms with E-state index in [9.17, 15) is 5.11 Å². The minimum absolute atomic E-state index is 0.147. The van der Waals surface area contributed by atoms with Crippen molar-refractivity contribution in [1.82, 2.24) is 0 Å². The lowest BCUT2D eigenvalue weighted by Gasteiger charge is -2.04. The highest BCUT2D eigenvalue weighted by atomic mass is 16.3. The largest absolute Gasteiger partial charge is 0.393 e. The number of aryl methyl sites for hydroxylation is 1. The topological polar surface area (TPSA) is 20.2 Å². The maximum absolute atomic E-state index is 9.42. The normalized spacial score (nSPS) is 27.4. The van der Waals surface area contributed by atoms with E-state index in [1.807, 2.05) is 6.92 Å². The Labute approximate surface area is 85.8 Å². The molecule has 2 rings (SSSR count). The fraction of sp³-hybridized carbons (Fsp3) is 0.538. The van der Waals surface area contributed by atoms with E-state index in [0.29, 0.717) is 11.8 Å². The summed E-state index contributed by atoms with van der Waals surface area (Å²) in [5, 5.41) is 9.42. The van der Waals surface area contributed by atoms with E-state index < -0.39 is 0 Å². The fourth-order valence-corrected chi connectivity index (χ4v) is 2.13. The summed E-state index contributed by atoms with van der Waals surface area (Å²) in [6.07, 6.45) is 2.11. The predicted octanol–water partition coefficient (Wildman–Crippen LogP) is 2.73. The Morgan fingerprint density at radius 3 is 2.43 bits per heavy atom. The van der Waals surface area contributed by atoms with Crippen molar-refractivity contribution in [2.45, 2.75) is 38.7 Å². The zero-order valence-electron chi connectivity index (χ0n) is 8.90. The summed E-state index contributed by atoms with van der Waals surface area (Å²) < 4.78 is 0. The highest BCUT2D eigenvalue weighted by molar-refractivity contribution is 5.29. The summed E-state index contributed by atoms with van der Waals surface area (Å²) in [5.41, 5.74) is 2.79. The van der Waals surface area contributed by atoms with Crippen LogP contribution in [0.5, 0.6) is 0 Å². The van der Waals surface area contributed by atoms with Gasteiger partial charge in [0.25, 0.3) is 0 Å². The van der Waals surface area contributed by atoms with Crippen molar-refractivity contribution in [2.24, 2.45) is 5.92 Å². The maximum atomic E-state index is 9.42. The first kappa shape index (κ1) is 9.72. The number of hydrogen-bond acceptors (Lipinski definition) is 1. The highest BCUT2D eigenvalue weighted by Crippen LogP contribution is 2.49. The standard InChI is InChI=1S/C13H18O/c1-3-10-4-6-11(7-5-10)13-8-12(13)9(2)14/h4-7,9,12-14H,3,8H2,1-2H3/t9-,12+,13+/m1/s1. The molecule has 1 aliphatic carbocycles. The van der Waals surface area contributed by atoms with Crippen LogP contribution in [-0.4, -0.2) is 11.2 Å². The molecule has 0 aromatic heterocycles. The minimum atomic E-state index is -0.147. The average molecular weight is 190 g/mol. The summed E-state index contributed by atoms with van der Waals surface area (Å²) in [5.74, 6) is 1.11. The van der Waals surface area contributed by atoms with E-state index >= 15 is 0 Å². The number of aliphatic hydroxyl groups is 1. The molecule has 1 fully saturated rings. The molecule has 0 unspecified atom stereocenters. The second kappa shape index (κ2) is 3.74. The van der Waals surface area contributed by atoms with E-state index in [1.54, 1.807) is 0 Å². The molecule has 14 heavy (non-hydrogen) atoms. The van der Waals surface area contributed by atoms with Gasteiger partial charge in [0.1, 0.15) is 0 Å². The number of rotatable bonds is 3. The molecule has 0 heterocycles. The molecule has 1 aliphatic rings. The van der Waals surface area contributed by atoms with Crippen LogP contribution in [-0.2, 0) is 6.42 Å². The van der Waals surface area contributed by atoms with Crippen LogP contribution in [0, 0.1) is 5.92 Å². The van der Waals surface area contributed by atoms with Gasteiger partial charge in [0.05, 0.1) is 6.10 Å². The molecule has 3 atom stereocenters. The molecule has 0 bridgehead atoms. The summed E-state index contributed by atoms with van der Waals surface area (Å²) in [6.45, 7) is 4.07. The highest BCUT2D eigenvalue weighted by Gasteiger charge is 2.41. The average Bonchev–Trinajstić information content (AvgIpc) is 2.97. The monoisotopic (exact) mass is 190 g/mol. The van der Waals surface area contributed by atoms with Crippen molar-refractivity contribution in [2.75, 3.05) is 0 Å². The van der Waals surface area contributed by atoms with Gasteiger partial charge in [-0.1, -0.05) is 31.2 Å². The lowest BCUT2D eigenvalue weighted by atomic mass is 10.0. The Morgan fingerprint density at radius 1 is 1.36 bits per heavy atom. The predicted molar refractivity (Wildman–Crippen MR) is 58.3 cm³/mol. The van der Waals surface area contributed by atoms with E-state index in [1.165, 1.54) is 11.1 Å². The zero-order chi connectivity index (χ0) is 10.1. The van der Waals surface area contributed by atoms with Gasteiger partial charge in [-0.15, -0.1) is 0 Å². The van der Waals surface area contributed by atoms with Crippen molar-refractivity contribution in [3.05, 3.63) is 35.4 Å². The van der Waals surface area contributed by atoms with Crippen molar-refractivity contribution >= 4 is 0 Å². The molecule has 1 aromatic rings. The summed E-state index contributed by atoms with van der Waals surface area (Å²) >= 11 is 0. The fourth-order valence-electron chi connectivity index (χ4n) is 2.13. The van der Waals surface area contributed by atoms with E-state index in [-0.39, 0.29) is 6.10 Å². The Balaban J connectivity index is 2.05. The number of hydrogen-bond donors (Lipinski definition) is 1. The van der Waals surface area contributed by atoms with Gasteiger partial charge in [-0.05, 0) is 42.7 Å². The third-order valence-corrected chi connectivity index (χ3v) is 3.28. The zero-order valence-corrected chi connectivity index (χ0v) is 8.90. The lowest BCUT2D eigenvalue weighted by Crippen LogP contribution is -2.03. The molecule has 1 N–H and O–H groups in total. The summed E-state index contributed by atoms with van der Waals surface area (Å²) in [6, 6.07) is 8.83. The van der Waals surface area contributed by atoms with Gasteiger partial charge in [0.2, 0.25) is 0 Å². The molecule has 1 heteroatoms. The molecule has 1 nitrogen and oxygen atoms in total. The van der Waals surface area contributed by atoms with Crippen LogP contribution in [0.2, 0.25) is 0 Å². The Morgan fingerprint density at radius 2 is 2.00 bits per heavy atom. The van der Waals surface area contributed by atoms with Crippen LogP contribution in [0.4, 0.5) is 0 Å². The van der Waals surface area contributed by atoms with Gasteiger partial charge >= 0.3 is 0 Å². The van der Waals surface area contributed by atoms with Crippen molar-refractivity contribution < 1.29 is 5.11 Å². The van der Waals surface area contributed by atoms with Gasteiger partial charge in [0, 0.05) is 0 Å². The van der Waals surface area contributed by atoms with Crippen molar-refractivity contribution in [3.63, 3.8) is 0 Å². The van der Waals surface area contributed by atoms with Gasteiger partial charge < -0.3 is 5.11 Å². The summed E-state index contributed by atoms with van der Waals surface area (Å²) in [7, 11) is 0. The SMILES string of the molecule is CCc1ccc([C@@H]2C[C@H]2[C@@H](C)O)cc1. The Hall–Kier alpha value is -0.820. The lowest BCUT2D eigenvalue weighted by molar-refractivity contribution is 0.169. The molecule has 0 spiro atoms. The molecule has 0 amide bonds. The molecular formula is C13H18O. The first-order chi connectivity index (χ1) is 6.72. The van der Waals surface area contributed by atoms with Crippen LogP contribution in [0.3, 0.4) is 0 Å². The Kier molecular flexibility index (Phi) is 2.60.